The lowest BCUT2D eigenvalue weighted by atomic mass is 9.94. The Morgan fingerprint density at radius 3 is 1.21 bits per heavy atom. The minimum atomic E-state index is 0.908. The van der Waals surface area contributed by atoms with Crippen LogP contribution in [0, 0.1) is 0 Å². The molecule has 0 saturated heterocycles. The van der Waals surface area contributed by atoms with Crippen LogP contribution in [-0.2, 0) is 6.54 Å². The molecule has 6 aromatic carbocycles. The van der Waals surface area contributed by atoms with Crippen molar-refractivity contribution in [1.82, 2.24) is 4.57 Å². The highest BCUT2D eigenvalue weighted by atomic mass is 15.1. The molecule has 0 radical (unpaired) electrons. The van der Waals surface area contributed by atoms with Gasteiger partial charge in [-0.2, -0.15) is 0 Å². The van der Waals surface area contributed by atoms with E-state index in [1.165, 1.54) is 77.7 Å². The van der Waals surface area contributed by atoms with Crippen LogP contribution in [-0.4, -0.2) is 30.7 Å². The molecule has 0 bridgehead atoms. The largest absolute Gasteiger partial charge is 0.372 e. The van der Waals surface area contributed by atoms with Gasteiger partial charge in [0.2, 0.25) is 0 Å². The van der Waals surface area contributed by atoms with Crippen molar-refractivity contribution in [2.75, 3.05) is 36.0 Å². The van der Waals surface area contributed by atoms with Gasteiger partial charge in [0.05, 0.1) is 0 Å². The van der Waals surface area contributed by atoms with Gasteiger partial charge in [-0.25, -0.2) is 0 Å². The highest BCUT2D eigenvalue weighted by Gasteiger charge is 2.14. The lowest BCUT2D eigenvalue weighted by Crippen LogP contribution is -2.21. The first-order chi connectivity index (χ1) is 26.0. The molecule has 0 aliphatic carbocycles. The molecular weight excluding hydrogens is 643 g/mol. The summed E-state index contributed by atoms with van der Waals surface area (Å²) in [6.07, 6.45) is 4.73. The van der Waals surface area contributed by atoms with Crippen molar-refractivity contribution in [3.05, 3.63) is 179 Å². The quantitative estimate of drug-likeness (QED) is 0.111. The third kappa shape index (κ3) is 7.43. The second kappa shape index (κ2) is 16.3. The van der Waals surface area contributed by atoms with Crippen molar-refractivity contribution >= 4 is 56.5 Å². The molecule has 0 spiro atoms. The van der Waals surface area contributed by atoms with Gasteiger partial charge in [-0.1, -0.05) is 97.1 Å². The van der Waals surface area contributed by atoms with Crippen LogP contribution in [0.5, 0.6) is 0 Å². The zero-order valence-corrected chi connectivity index (χ0v) is 31.9. The predicted octanol–water partition coefficient (Wildman–Crippen LogP) is 12.7. The molecule has 266 valence electrons. The number of anilines is 2. The molecule has 0 amide bonds. The van der Waals surface area contributed by atoms with Gasteiger partial charge in [-0.05, 0) is 140 Å². The molecule has 0 N–H and O–H groups in total. The third-order valence-corrected chi connectivity index (χ3v) is 10.6. The number of nitrogens with zero attached hydrogens (tertiary/aromatic N) is 3. The Morgan fingerprint density at radius 2 is 0.830 bits per heavy atom. The molecule has 0 atom stereocenters. The number of benzene rings is 6. The van der Waals surface area contributed by atoms with Gasteiger partial charge in [0.15, 0.2) is 0 Å². The summed E-state index contributed by atoms with van der Waals surface area (Å²) in [7, 11) is 0. The summed E-state index contributed by atoms with van der Waals surface area (Å²) in [6.45, 7) is 16.0. The van der Waals surface area contributed by atoms with Crippen molar-refractivity contribution < 1.29 is 0 Å². The average molecular weight is 694 g/mol. The molecule has 7 aromatic rings. The van der Waals surface area contributed by atoms with Crippen LogP contribution >= 0.6 is 0 Å². The summed E-state index contributed by atoms with van der Waals surface area (Å²) in [4.78, 5) is 4.82. The van der Waals surface area contributed by atoms with Crippen LogP contribution in [0.2, 0.25) is 0 Å². The van der Waals surface area contributed by atoms with Gasteiger partial charge < -0.3 is 14.4 Å². The fourth-order valence-corrected chi connectivity index (χ4v) is 7.81. The first-order valence-corrected chi connectivity index (χ1v) is 19.4. The van der Waals surface area contributed by atoms with E-state index in [-0.39, 0.29) is 0 Å². The second-order valence-corrected chi connectivity index (χ2v) is 13.6. The normalized spacial score (nSPS) is 12.1. The summed E-state index contributed by atoms with van der Waals surface area (Å²) >= 11 is 0. The van der Waals surface area contributed by atoms with E-state index in [4.69, 9.17) is 0 Å². The van der Waals surface area contributed by atoms with E-state index in [0.29, 0.717) is 0 Å². The number of hydrogen-bond donors (Lipinski definition) is 0. The number of hydrogen-bond acceptors (Lipinski definition) is 2. The van der Waals surface area contributed by atoms with Gasteiger partial charge >= 0.3 is 0 Å². The van der Waals surface area contributed by atoms with Crippen molar-refractivity contribution in [2.24, 2.45) is 0 Å². The number of rotatable bonds is 13. The first-order valence-electron chi connectivity index (χ1n) is 19.4. The fraction of sp³-hybridized carbons (Fsp3) is 0.200. The zero-order chi connectivity index (χ0) is 36.7. The first kappa shape index (κ1) is 35.6. The van der Waals surface area contributed by atoms with Gasteiger partial charge in [-0.3, -0.25) is 0 Å². The highest BCUT2D eigenvalue weighted by Crippen LogP contribution is 2.35. The van der Waals surface area contributed by atoms with Crippen molar-refractivity contribution in [1.29, 1.82) is 0 Å². The number of aromatic nitrogens is 1. The zero-order valence-electron chi connectivity index (χ0n) is 31.9. The van der Waals surface area contributed by atoms with Crippen molar-refractivity contribution in [2.45, 2.75) is 41.2 Å². The van der Waals surface area contributed by atoms with Crippen LogP contribution in [0.1, 0.15) is 68.0 Å². The van der Waals surface area contributed by atoms with Gasteiger partial charge in [0, 0.05) is 65.9 Å². The Bertz CT molecular complexity index is 2210. The van der Waals surface area contributed by atoms with Crippen LogP contribution in [0.3, 0.4) is 0 Å². The molecule has 53 heavy (non-hydrogen) atoms. The Labute approximate surface area is 316 Å². The van der Waals surface area contributed by atoms with E-state index in [1.54, 1.807) is 0 Å². The van der Waals surface area contributed by atoms with Crippen LogP contribution in [0.4, 0.5) is 11.4 Å². The van der Waals surface area contributed by atoms with E-state index < -0.39 is 0 Å². The lowest BCUT2D eigenvalue weighted by Gasteiger charge is -2.22. The maximum absolute atomic E-state index is 2.45. The van der Waals surface area contributed by atoms with Gasteiger partial charge in [0.1, 0.15) is 0 Å². The summed E-state index contributed by atoms with van der Waals surface area (Å²) in [6, 6.07) is 53.6. The molecule has 0 fully saturated rings. The minimum absolute atomic E-state index is 0.908. The van der Waals surface area contributed by atoms with Gasteiger partial charge in [0.25, 0.3) is 0 Å². The smallest absolute Gasteiger partial charge is 0.0491 e. The fourth-order valence-electron chi connectivity index (χ4n) is 7.81. The summed E-state index contributed by atoms with van der Waals surface area (Å²) < 4.78 is 2.45. The summed E-state index contributed by atoms with van der Waals surface area (Å²) in [5, 5.41) is 2.56. The highest BCUT2D eigenvalue weighted by molar-refractivity contribution is 6.10. The Morgan fingerprint density at radius 1 is 0.434 bits per heavy atom. The van der Waals surface area contributed by atoms with Crippen molar-refractivity contribution in [3.63, 3.8) is 0 Å². The van der Waals surface area contributed by atoms with Crippen LogP contribution in [0.15, 0.2) is 146 Å². The topological polar surface area (TPSA) is 11.4 Å². The molecule has 0 aliphatic rings. The maximum Gasteiger partial charge on any atom is 0.0491 e. The monoisotopic (exact) mass is 693 g/mol. The van der Waals surface area contributed by atoms with Crippen molar-refractivity contribution in [3.8, 4) is 0 Å². The molecular formula is C50H51N3. The van der Waals surface area contributed by atoms with E-state index >= 15 is 0 Å². The third-order valence-electron chi connectivity index (χ3n) is 10.6. The molecule has 1 aromatic heterocycles. The van der Waals surface area contributed by atoms with E-state index in [2.05, 4.69) is 207 Å². The SMILES string of the molecule is CCN(CC)c1cccc(/C(=C/c2ccc3c(c2)c2cc(/C=C(\c4ccccc4)c4cccc(N(CC)CC)c4)ccc2n3CC)c2ccccc2)c1. The second-order valence-electron chi connectivity index (χ2n) is 13.6. The molecule has 0 saturated carbocycles. The minimum Gasteiger partial charge on any atom is -0.372 e. The average Bonchev–Trinajstić information content (AvgIpc) is 3.53. The molecule has 3 heteroatoms. The Hall–Kier alpha value is -5.80. The Kier molecular flexibility index (Phi) is 10.9. The number of fused-ring (bicyclic) bond motifs is 3. The molecule has 1 heterocycles. The van der Waals surface area contributed by atoms with E-state index in [1.807, 2.05) is 0 Å². The summed E-state index contributed by atoms with van der Waals surface area (Å²) in [5.41, 5.74) is 14.8. The maximum atomic E-state index is 2.45. The molecule has 3 nitrogen and oxygen atoms in total. The number of aryl methyl sites for hydroxylation is 1. The van der Waals surface area contributed by atoms with E-state index in [9.17, 15) is 0 Å². The summed E-state index contributed by atoms with van der Waals surface area (Å²) in [5.74, 6) is 0. The predicted molar refractivity (Wildman–Crippen MR) is 232 cm³/mol. The standard InChI is InChI=1S/C50H51N3/c1-6-51(7-2)43-25-17-23-41(35-43)45(39-19-13-11-14-20-39)31-37-27-29-49-47(33-37)48-34-38(28-30-50(48)53(49)10-5)32-46(40-21-15-12-16-22-40)42-24-18-26-44(36-42)52(8-3)9-4/h11-36H,6-10H2,1-5H3/b45-31+,46-32+. The van der Waals surface area contributed by atoms with Crippen LogP contribution < -0.4 is 9.80 Å². The van der Waals surface area contributed by atoms with Crippen LogP contribution in [0.25, 0.3) is 45.1 Å². The molecule has 0 aliphatic heterocycles. The molecule has 0 unspecified atom stereocenters. The van der Waals surface area contributed by atoms with E-state index in [0.717, 1.165) is 32.7 Å². The Balaban J connectivity index is 1.38. The molecule has 7 rings (SSSR count). The van der Waals surface area contributed by atoms with Gasteiger partial charge in [-0.15, -0.1) is 0 Å². The lowest BCUT2D eigenvalue weighted by molar-refractivity contribution is 0.827.